The Hall–Kier alpha value is -3.57. The van der Waals surface area contributed by atoms with Gasteiger partial charge in [-0.2, -0.15) is 0 Å². The number of aromatic nitrogens is 1. The molecule has 1 aliphatic rings. The molecule has 39 heavy (non-hydrogen) atoms. The number of pyridine rings is 1. The predicted molar refractivity (Wildman–Crippen MR) is 152 cm³/mol. The molecule has 2 aromatic rings. The Morgan fingerprint density at radius 3 is 2.54 bits per heavy atom. The highest BCUT2D eigenvalue weighted by molar-refractivity contribution is 5.68. The highest BCUT2D eigenvalue weighted by atomic mass is 16.6. The van der Waals surface area contributed by atoms with Crippen LogP contribution >= 0.6 is 0 Å². The molecule has 0 spiro atoms. The Balaban J connectivity index is 1.25. The number of likely N-dealkylation sites (tertiary alicyclic amines) is 1. The zero-order valence-corrected chi connectivity index (χ0v) is 23.5. The number of unbranched alkanes of at least 4 members (excludes halogenated alkanes) is 3. The number of carbonyl (C=O) groups is 2. The van der Waals surface area contributed by atoms with E-state index >= 15 is 0 Å². The maximum atomic E-state index is 12.0. The Labute approximate surface area is 232 Å². The highest BCUT2D eigenvalue weighted by Crippen LogP contribution is 2.14. The minimum absolute atomic E-state index is 0.198. The number of hydrogen-bond acceptors (Lipinski definition) is 6. The summed E-state index contributed by atoms with van der Waals surface area (Å²) in [7, 11) is 0. The third-order valence-electron chi connectivity index (χ3n) is 6.26. The van der Waals surface area contributed by atoms with Gasteiger partial charge in [-0.15, -0.1) is 0 Å². The molecule has 0 saturated carbocycles. The molecule has 2 N–H and O–H groups in total. The number of carbonyl (C=O) groups excluding carboxylic acids is 2. The van der Waals surface area contributed by atoms with Crippen molar-refractivity contribution in [3.63, 3.8) is 0 Å². The van der Waals surface area contributed by atoms with E-state index in [-0.39, 0.29) is 18.7 Å². The summed E-state index contributed by atoms with van der Waals surface area (Å²) in [4.78, 5) is 30.6. The molecule has 8 heteroatoms. The van der Waals surface area contributed by atoms with Crippen LogP contribution in [0.25, 0.3) is 0 Å². The zero-order chi connectivity index (χ0) is 27.9. The number of nitrogens with one attached hydrogen (secondary N) is 2. The average Bonchev–Trinajstić information content (AvgIpc) is 2.91. The van der Waals surface area contributed by atoms with E-state index in [1.54, 1.807) is 12.4 Å². The fourth-order valence-electron chi connectivity index (χ4n) is 4.27. The molecule has 210 valence electrons. The Kier molecular flexibility index (Phi) is 12.1. The number of nitrogens with zero attached hydrogens (tertiary/aromatic N) is 2. The summed E-state index contributed by atoms with van der Waals surface area (Å²) < 4.78 is 10.6. The van der Waals surface area contributed by atoms with Gasteiger partial charge < -0.3 is 25.0 Å². The van der Waals surface area contributed by atoms with E-state index in [2.05, 4.69) is 32.4 Å². The summed E-state index contributed by atoms with van der Waals surface area (Å²) in [5.74, 6) is 6.43. The first-order valence-corrected chi connectivity index (χ1v) is 13.9. The van der Waals surface area contributed by atoms with Crippen molar-refractivity contribution in [2.75, 3.05) is 19.6 Å². The van der Waals surface area contributed by atoms with Crippen molar-refractivity contribution >= 4 is 12.2 Å². The van der Waals surface area contributed by atoms with E-state index < -0.39 is 11.7 Å². The fourth-order valence-corrected chi connectivity index (χ4v) is 4.27. The van der Waals surface area contributed by atoms with Crippen LogP contribution < -0.4 is 10.6 Å². The van der Waals surface area contributed by atoms with Crippen molar-refractivity contribution in [2.45, 2.75) is 84.1 Å². The summed E-state index contributed by atoms with van der Waals surface area (Å²) in [5.41, 5.74) is 2.20. The minimum Gasteiger partial charge on any atom is -0.445 e. The van der Waals surface area contributed by atoms with Crippen LogP contribution in [-0.2, 0) is 22.6 Å². The van der Waals surface area contributed by atoms with Crippen molar-refractivity contribution in [3.05, 3.63) is 65.5 Å². The van der Waals surface area contributed by atoms with Crippen LogP contribution in [0.15, 0.2) is 48.8 Å². The largest absolute Gasteiger partial charge is 0.445 e. The topological polar surface area (TPSA) is 92.8 Å². The van der Waals surface area contributed by atoms with Gasteiger partial charge in [0.05, 0.1) is 0 Å². The van der Waals surface area contributed by atoms with Gasteiger partial charge in [0.1, 0.15) is 12.2 Å². The van der Waals surface area contributed by atoms with E-state index in [1.165, 1.54) is 0 Å². The number of benzene rings is 1. The van der Waals surface area contributed by atoms with Crippen molar-refractivity contribution in [1.29, 1.82) is 0 Å². The molecule has 1 aliphatic heterocycles. The monoisotopic (exact) mass is 534 g/mol. The first-order chi connectivity index (χ1) is 18.8. The van der Waals surface area contributed by atoms with Crippen molar-refractivity contribution in [1.82, 2.24) is 20.5 Å². The molecule has 1 fully saturated rings. The van der Waals surface area contributed by atoms with Crippen LogP contribution in [-0.4, -0.2) is 53.3 Å². The molecular weight excluding hydrogens is 492 g/mol. The molecule has 1 saturated heterocycles. The van der Waals surface area contributed by atoms with Crippen LogP contribution in [0.2, 0.25) is 0 Å². The molecule has 0 bridgehead atoms. The summed E-state index contributed by atoms with van der Waals surface area (Å²) in [6.07, 6.45) is 8.79. The maximum Gasteiger partial charge on any atom is 0.407 e. The standard InChI is InChI=1S/C31H42N4O4/c1-31(2,3)39-30(37)34-28-15-18-35(19-16-28)17-11-6-4-5-8-14-26-20-27(22-32-21-26)23-33-29(36)38-24-25-12-9-7-10-13-25/h7,9-10,12-13,20-22,28H,4-6,11,15-19,23-24H2,1-3H3,(H,33,36)(H,34,37). The SMILES string of the molecule is CC(C)(C)OC(=O)NC1CCN(CCCCCC#Cc2cncc(CNC(=O)OCc3ccccc3)c2)CC1. The molecule has 2 amide bonds. The lowest BCUT2D eigenvalue weighted by molar-refractivity contribution is 0.0478. The number of ether oxygens (including phenoxy) is 2. The molecule has 0 aliphatic carbocycles. The molecule has 0 radical (unpaired) electrons. The van der Waals surface area contributed by atoms with E-state index in [0.29, 0.717) is 6.54 Å². The summed E-state index contributed by atoms with van der Waals surface area (Å²) >= 11 is 0. The quantitative estimate of drug-likeness (QED) is 0.313. The van der Waals surface area contributed by atoms with E-state index in [4.69, 9.17) is 9.47 Å². The molecule has 1 aromatic carbocycles. The lowest BCUT2D eigenvalue weighted by Gasteiger charge is -2.32. The number of hydrogen-bond donors (Lipinski definition) is 2. The van der Waals surface area contributed by atoms with Gasteiger partial charge in [-0.05, 0) is 70.2 Å². The average molecular weight is 535 g/mol. The lowest BCUT2D eigenvalue weighted by atomic mass is 10.0. The number of piperidine rings is 1. The number of alkyl carbamates (subject to hydrolysis) is 2. The van der Waals surface area contributed by atoms with Crippen LogP contribution in [0.5, 0.6) is 0 Å². The van der Waals surface area contributed by atoms with Crippen molar-refractivity contribution in [3.8, 4) is 11.8 Å². The summed E-state index contributed by atoms with van der Waals surface area (Å²) in [5, 5.41) is 5.75. The minimum atomic E-state index is -0.464. The van der Waals surface area contributed by atoms with E-state index in [1.807, 2.05) is 57.2 Å². The van der Waals surface area contributed by atoms with Crippen LogP contribution in [0.3, 0.4) is 0 Å². The lowest BCUT2D eigenvalue weighted by Crippen LogP contribution is -2.46. The second-order valence-corrected chi connectivity index (χ2v) is 10.9. The van der Waals surface area contributed by atoms with E-state index in [0.717, 1.165) is 74.8 Å². The second-order valence-electron chi connectivity index (χ2n) is 10.9. The molecule has 2 heterocycles. The van der Waals surface area contributed by atoms with Crippen LogP contribution in [0.4, 0.5) is 9.59 Å². The molecule has 0 atom stereocenters. The zero-order valence-electron chi connectivity index (χ0n) is 23.5. The van der Waals surface area contributed by atoms with Gasteiger partial charge >= 0.3 is 12.2 Å². The van der Waals surface area contributed by atoms with E-state index in [9.17, 15) is 9.59 Å². The molecular formula is C31H42N4O4. The normalized spacial score (nSPS) is 14.1. The molecule has 8 nitrogen and oxygen atoms in total. The van der Waals surface area contributed by atoms with Gasteiger partial charge in [0.25, 0.3) is 0 Å². The van der Waals surface area contributed by atoms with Gasteiger partial charge in [-0.1, -0.05) is 48.6 Å². The van der Waals surface area contributed by atoms with Gasteiger partial charge in [-0.3, -0.25) is 4.98 Å². The molecule has 3 rings (SSSR count). The maximum absolute atomic E-state index is 12.0. The summed E-state index contributed by atoms with van der Waals surface area (Å²) in [6.45, 7) is 9.30. The third-order valence-corrected chi connectivity index (χ3v) is 6.26. The third kappa shape index (κ3) is 12.7. The smallest absolute Gasteiger partial charge is 0.407 e. The number of amides is 2. The van der Waals surface area contributed by atoms with Gasteiger partial charge in [0.2, 0.25) is 0 Å². The van der Waals surface area contributed by atoms with Crippen LogP contribution in [0, 0.1) is 11.8 Å². The Morgan fingerprint density at radius 1 is 1.03 bits per heavy atom. The van der Waals surface area contributed by atoms with Gasteiger partial charge in [0.15, 0.2) is 0 Å². The van der Waals surface area contributed by atoms with Gasteiger partial charge in [0, 0.05) is 50.1 Å². The van der Waals surface area contributed by atoms with Crippen LogP contribution in [0.1, 0.15) is 76.0 Å². The van der Waals surface area contributed by atoms with Crippen molar-refractivity contribution < 1.29 is 19.1 Å². The Morgan fingerprint density at radius 2 is 1.79 bits per heavy atom. The second kappa shape index (κ2) is 15.7. The fraction of sp³-hybridized carbons (Fsp3) is 0.516. The number of rotatable bonds is 10. The molecule has 0 unspecified atom stereocenters. The van der Waals surface area contributed by atoms with Gasteiger partial charge in [-0.25, -0.2) is 9.59 Å². The molecule has 1 aromatic heterocycles. The first-order valence-electron chi connectivity index (χ1n) is 13.9. The summed E-state index contributed by atoms with van der Waals surface area (Å²) in [6, 6.07) is 11.7. The highest BCUT2D eigenvalue weighted by Gasteiger charge is 2.23. The van der Waals surface area contributed by atoms with Crippen molar-refractivity contribution in [2.24, 2.45) is 0 Å². The Bertz CT molecular complexity index is 1100. The first kappa shape index (κ1) is 30.0. The predicted octanol–water partition coefficient (Wildman–Crippen LogP) is 5.41.